The maximum atomic E-state index is 6.68. The fourth-order valence-electron chi connectivity index (χ4n) is 3.65. The molecule has 4 heteroatoms. The molecule has 1 atom stereocenters. The quantitative estimate of drug-likeness (QED) is 0.805. The fourth-order valence-corrected chi connectivity index (χ4v) is 3.65. The summed E-state index contributed by atoms with van der Waals surface area (Å²) in [4.78, 5) is 0. The Kier molecular flexibility index (Phi) is 5.34. The molecular formula is C20H28BLiO2. The van der Waals surface area contributed by atoms with E-state index >= 15 is 0 Å². The van der Waals surface area contributed by atoms with E-state index in [4.69, 9.17) is 9.31 Å². The molecule has 1 fully saturated rings. The molecule has 1 aliphatic rings. The van der Waals surface area contributed by atoms with Crippen LogP contribution in [-0.4, -0.2) is 17.8 Å². The maximum Gasteiger partial charge on any atom is 1.00 e. The Morgan fingerprint density at radius 3 is 2.00 bits per heavy atom. The van der Waals surface area contributed by atoms with Crippen molar-refractivity contribution in [2.45, 2.75) is 65.0 Å². The van der Waals surface area contributed by atoms with E-state index in [-0.39, 0.29) is 30.1 Å². The van der Waals surface area contributed by atoms with Crippen molar-refractivity contribution < 1.29 is 28.2 Å². The Morgan fingerprint density at radius 1 is 0.917 bits per heavy atom. The van der Waals surface area contributed by atoms with Crippen molar-refractivity contribution in [3.8, 4) is 0 Å². The molecule has 24 heavy (non-hydrogen) atoms. The molecule has 124 valence electrons. The Morgan fingerprint density at radius 2 is 1.46 bits per heavy atom. The normalized spacial score (nSPS) is 22.1. The first-order chi connectivity index (χ1) is 10.7. The van der Waals surface area contributed by atoms with Gasteiger partial charge in [0.05, 0.1) is 0 Å². The molecule has 2 aromatic rings. The van der Waals surface area contributed by atoms with E-state index < -0.39 is 6.55 Å². The van der Waals surface area contributed by atoms with Crippen molar-refractivity contribution in [3.63, 3.8) is 0 Å². The molecule has 0 amide bonds. The van der Waals surface area contributed by atoms with Crippen LogP contribution < -0.4 is 24.3 Å². The zero-order valence-corrected chi connectivity index (χ0v) is 16.2. The van der Waals surface area contributed by atoms with Crippen LogP contribution in [0.15, 0.2) is 42.5 Å². The van der Waals surface area contributed by atoms with E-state index in [1.165, 1.54) is 16.2 Å². The topological polar surface area (TPSA) is 18.5 Å². The van der Waals surface area contributed by atoms with Gasteiger partial charge < -0.3 is 9.31 Å². The van der Waals surface area contributed by atoms with Gasteiger partial charge in [0.2, 0.25) is 0 Å². The van der Waals surface area contributed by atoms with Crippen LogP contribution in [-0.2, 0) is 9.31 Å². The average Bonchev–Trinajstić information content (AvgIpc) is 2.72. The Hall–Kier alpha value is -0.718. The van der Waals surface area contributed by atoms with Crippen LogP contribution in [0.25, 0.3) is 10.8 Å². The molecule has 0 bridgehead atoms. The average molecular weight is 318 g/mol. The summed E-state index contributed by atoms with van der Waals surface area (Å²) in [5.74, 6) is 0.331. The van der Waals surface area contributed by atoms with E-state index in [1.54, 1.807) is 0 Å². The van der Waals surface area contributed by atoms with Crippen molar-refractivity contribution >= 4 is 22.8 Å². The van der Waals surface area contributed by atoms with Gasteiger partial charge in [-0.05, 0) is 38.5 Å². The zero-order chi connectivity index (χ0) is 16.9. The third kappa shape index (κ3) is 2.97. The molecule has 0 radical (unpaired) electrons. The van der Waals surface area contributed by atoms with Crippen molar-refractivity contribution in [1.29, 1.82) is 0 Å². The monoisotopic (exact) mass is 318 g/mol. The van der Waals surface area contributed by atoms with E-state index in [1.807, 2.05) is 0 Å². The minimum Gasteiger partial charge on any atom is -0.558 e. The summed E-state index contributed by atoms with van der Waals surface area (Å²) in [6, 6.07) is 15.1. The van der Waals surface area contributed by atoms with Crippen LogP contribution >= 0.6 is 0 Å². The molecule has 0 spiro atoms. The number of benzene rings is 2. The molecule has 0 saturated carbocycles. The number of rotatable bonds is 3. The van der Waals surface area contributed by atoms with E-state index in [0.29, 0.717) is 5.82 Å². The summed E-state index contributed by atoms with van der Waals surface area (Å²) in [7, 11) is 0. The standard InChI is InChI=1S/C20H28BO2.Li/c1-7-15(2)21(22-19(3,4)20(5,6)23-21)18-13-12-16-10-8-9-11-17(16)14-18;/h8-15H,7H2,1-6H3;/q-1;+1. The molecule has 3 rings (SSSR count). The first kappa shape index (κ1) is 19.6. The summed E-state index contributed by atoms with van der Waals surface area (Å²) in [6.07, 6.45) is 1.03. The molecule has 2 aromatic carbocycles. The van der Waals surface area contributed by atoms with Crippen LogP contribution in [0.5, 0.6) is 0 Å². The molecular weight excluding hydrogens is 290 g/mol. The summed E-state index contributed by atoms with van der Waals surface area (Å²) in [5, 5.41) is 2.49. The maximum absolute atomic E-state index is 6.68. The van der Waals surface area contributed by atoms with Gasteiger partial charge in [0, 0.05) is 11.2 Å². The minimum absolute atomic E-state index is 0. The first-order valence-electron chi connectivity index (χ1n) is 8.76. The van der Waals surface area contributed by atoms with Crippen LogP contribution in [0.2, 0.25) is 5.82 Å². The Bertz CT molecular complexity index is 710. The van der Waals surface area contributed by atoms with Crippen molar-refractivity contribution in [2.75, 3.05) is 0 Å². The van der Waals surface area contributed by atoms with E-state index in [2.05, 4.69) is 84.0 Å². The third-order valence-electron chi connectivity index (χ3n) is 6.02. The summed E-state index contributed by atoms with van der Waals surface area (Å²) < 4.78 is 13.4. The van der Waals surface area contributed by atoms with Gasteiger partial charge in [-0.2, -0.15) is 5.46 Å². The molecule has 0 aliphatic carbocycles. The molecule has 1 unspecified atom stereocenters. The van der Waals surface area contributed by atoms with Crippen molar-refractivity contribution in [2.24, 2.45) is 0 Å². The second-order valence-corrected chi connectivity index (χ2v) is 8.02. The fraction of sp³-hybridized carbons (Fsp3) is 0.500. The van der Waals surface area contributed by atoms with Gasteiger partial charge in [-0.1, -0.05) is 62.7 Å². The third-order valence-corrected chi connectivity index (χ3v) is 6.02. The Balaban J connectivity index is 0.00000208. The number of hydrogen-bond acceptors (Lipinski definition) is 2. The van der Waals surface area contributed by atoms with Gasteiger partial charge in [0.1, 0.15) is 0 Å². The van der Waals surface area contributed by atoms with Gasteiger partial charge >= 0.3 is 18.9 Å². The zero-order valence-electron chi connectivity index (χ0n) is 16.2. The second kappa shape index (κ2) is 6.54. The first-order valence-corrected chi connectivity index (χ1v) is 8.76. The van der Waals surface area contributed by atoms with Crippen molar-refractivity contribution in [3.05, 3.63) is 42.5 Å². The van der Waals surface area contributed by atoms with Crippen molar-refractivity contribution in [1.82, 2.24) is 0 Å². The van der Waals surface area contributed by atoms with Crippen LogP contribution in [0.4, 0.5) is 0 Å². The smallest absolute Gasteiger partial charge is 0.558 e. The molecule has 2 nitrogen and oxygen atoms in total. The molecule has 1 aliphatic heterocycles. The SMILES string of the molecule is CCC(C)[B-]1(c2ccc3ccccc3c2)OC(C)(C)C(C)(C)O1.[Li+]. The van der Waals surface area contributed by atoms with Gasteiger partial charge in [-0.15, -0.1) is 5.82 Å². The van der Waals surface area contributed by atoms with Gasteiger partial charge in [-0.3, -0.25) is 0 Å². The number of fused-ring (bicyclic) bond motifs is 1. The van der Waals surface area contributed by atoms with Gasteiger partial charge in [-0.25, -0.2) is 0 Å². The molecule has 0 N–H and O–H groups in total. The Labute approximate surface area is 158 Å². The largest absolute Gasteiger partial charge is 1.00 e. The second-order valence-electron chi connectivity index (χ2n) is 8.02. The summed E-state index contributed by atoms with van der Waals surface area (Å²) in [5.41, 5.74) is 0.543. The van der Waals surface area contributed by atoms with Crippen LogP contribution in [0.3, 0.4) is 0 Å². The predicted octanol–water partition coefficient (Wildman–Crippen LogP) is 1.90. The minimum atomic E-state index is -1.50. The summed E-state index contributed by atoms with van der Waals surface area (Å²) in [6.45, 7) is 11.5. The van der Waals surface area contributed by atoms with Gasteiger partial charge in [0.15, 0.2) is 0 Å². The molecule has 1 saturated heterocycles. The van der Waals surface area contributed by atoms with Crippen LogP contribution in [0, 0.1) is 0 Å². The van der Waals surface area contributed by atoms with E-state index in [9.17, 15) is 0 Å². The van der Waals surface area contributed by atoms with Crippen LogP contribution in [0.1, 0.15) is 48.0 Å². The van der Waals surface area contributed by atoms with Gasteiger partial charge in [0.25, 0.3) is 6.55 Å². The number of hydrogen-bond donors (Lipinski definition) is 0. The molecule has 0 aromatic heterocycles. The molecule has 1 heterocycles. The summed E-state index contributed by atoms with van der Waals surface area (Å²) >= 11 is 0. The van der Waals surface area contributed by atoms with E-state index in [0.717, 1.165) is 6.42 Å². The predicted molar refractivity (Wildman–Crippen MR) is 99.4 cm³/mol.